The van der Waals surface area contributed by atoms with Crippen LogP contribution < -0.4 is 15.2 Å². The summed E-state index contributed by atoms with van der Waals surface area (Å²) in [5.41, 5.74) is 6.64. The zero-order valence-electron chi connectivity index (χ0n) is 11.6. The van der Waals surface area contributed by atoms with Crippen LogP contribution in [0.5, 0.6) is 5.75 Å². The number of aliphatic hydroxyl groups is 1. The molecule has 4 N–H and O–H groups in total. The Morgan fingerprint density at radius 2 is 2.10 bits per heavy atom. The van der Waals surface area contributed by atoms with Gasteiger partial charge in [0.25, 0.3) is 0 Å². The van der Waals surface area contributed by atoms with Crippen LogP contribution in [0.25, 0.3) is 0 Å². The van der Waals surface area contributed by atoms with Crippen LogP contribution in [0.4, 0.5) is 5.69 Å². The first-order valence-electron chi connectivity index (χ1n) is 6.38. The Morgan fingerprint density at radius 1 is 1.45 bits per heavy atom. The number of hydrogen-bond donors (Lipinski definition) is 3. The van der Waals surface area contributed by atoms with Crippen molar-refractivity contribution < 1.29 is 18.3 Å². The Hall–Kier alpha value is -1.31. The Balaban J connectivity index is 2.27. The van der Waals surface area contributed by atoms with E-state index in [-0.39, 0.29) is 29.2 Å². The molecule has 1 fully saturated rings. The molecule has 1 aliphatic carbocycles. The van der Waals surface area contributed by atoms with Gasteiger partial charge in [-0.1, -0.05) is 0 Å². The van der Waals surface area contributed by atoms with Crippen molar-refractivity contribution >= 4 is 15.7 Å². The zero-order chi connectivity index (χ0) is 15.0. The van der Waals surface area contributed by atoms with Gasteiger partial charge in [-0.25, -0.2) is 13.1 Å². The molecule has 6 nitrogen and oxygen atoms in total. The van der Waals surface area contributed by atoms with Crippen molar-refractivity contribution in [3.05, 3.63) is 17.7 Å². The zero-order valence-corrected chi connectivity index (χ0v) is 12.5. The minimum atomic E-state index is -3.71. The lowest BCUT2D eigenvalue weighted by atomic mass is 10.1. The first-order chi connectivity index (χ1) is 9.33. The molecule has 0 unspecified atom stereocenters. The Morgan fingerprint density at radius 3 is 2.60 bits per heavy atom. The molecule has 0 heterocycles. The maximum atomic E-state index is 12.3. The fourth-order valence-corrected chi connectivity index (χ4v) is 3.28. The molecule has 7 heteroatoms. The van der Waals surface area contributed by atoms with Gasteiger partial charge in [0.2, 0.25) is 10.0 Å². The molecule has 112 valence electrons. The predicted molar refractivity (Wildman–Crippen MR) is 76.1 cm³/mol. The van der Waals surface area contributed by atoms with E-state index < -0.39 is 10.0 Å². The molecule has 0 saturated heterocycles. The van der Waals surface area contributed by atoms with Gasteiger partial charge in [-0.15, -0.1) is 0 Å². The van der Waals surface area contributed by atoms with Crippen LogP contribution in [-0.4, -0.2) is 33.8 Å². The molecule has 0 spiro atoms. The predicted octanol–water partition coefficient (Wildman–Crippen LogP) is 0.637. The fraction of sp³-hybridized carbons (Fsp3) is 0.538. The minimum Gasteiger partial charge on any atom is -0.495 e. The molecule has 1 aliphatic rings. The Bertz CT molecular complexity index is 609. The quantitative estimate of drug-likeness (QED) is 0.669. The van der Waals surface area contributed by atoms with Gasteiger partial charge >= 0.3 is 0 Å². The number of sulfonamides is 1. The molecule has 1 aromatic rings. The Labute approximate surface area is 119 Å². The van der Waals surface area contributed by atoms with Crippen molar-refractivity contribution in [1.82, 2.24) is 4.72 Å². The van der Waals surface area contributed by atoms with Crippen LogP contribution in [0.1, 0.15) is 18.4 Å². The van der Waals surface area contributed by atoms with Crippen molar-refractivity contribution in [3.8, 4) is 5.75 Å². The number of ether oxygens (including phenoxy) is 1. The van der Waals surface area contributed by atoms with Gasteiger partial charge in [-0.3, -0.25) is 0 Å². The van der Waals surface area contributed by atoms with Crippen LogP contribution >= 0.6 is 0 Å². The summed E-state index contributed by atoms with van der Waals surface area (Å²) in [5.74, 6) is 0.262. The maximum absolute atomic E-state index is 12.3. The van der Waals surface area contributed by atoms with Crippen molar-refractivity contribution in [3.63, 3.8) is 0 Å². The second-order valence-electron chi connectivity index (χ2n) is 5.34. The number of anilines is 1. The topological polar surface area (TPSA) is 102 Å². The van der Waals surface area contributed by atoms with Gasteiger partial charge in [-0.05, 0) is 37.5 Å². The number of nitrogens with one attached hydrogen (secondary N) is 1. The van der Waals surface area contributed by atoms with Crippen LogP contribution in [0, 0.1) is 12.3 Å². The van der Waals surface area contributed by atoms with Crippen LogP contribution in [0.3, 0.4) is 0 Å². The standard InChI is InChI=1S/C13H20N2O4S/c1-9-5-11(19-2)12(6-10(9)14)20(17,18)15-7-13(8-16)3-4-13/h5-6,15-16H,3-4,7-8,14H2,1-2H3. The van der Waals surface area contributed by atoms with Crippen LogP contribution in [0.15, 0.2) is 17.0 Å². The number of methoxy groups -OCH3 is 1. The van der Waals surface area contributed by atoms with Crippen molar-refractivity contribution in [2.75, 3.05) is 26.0 Å². The smallest absolute Gasteiger partial charge is 0.244 e. The van der Waals surface area contributed by atoms with E-state index in [2.05, 4.69) is 4.72 Å². The fourth-order valence-electron chi connectivity index (χ4n) is 1.94. The highest BCUT2D eigenvalue weighted by Crippen LogP contribution is 2.44. The largest absolute Gasteiger partial charge is 0.495 e. The Kier molecular flexibility index (Phi) is 3.95. The van der Waals surface area contributed by atoms with Gasteiger partial charge in [0, 0.05) is 24.3 Å². The van der Waals surface area contributed by atoms with Gasteiger partial charge in [0.05, 0.1) is 7.11 Å². The number of benzene rings is 1. The monoisotopic (exact) mass is 300 g/mol. The van der Waals surface area contributed by atoms with E-state index in [0.29, 0.717) is 5.69 Å². The summed E-state index contributed by atoms with van der Waals surface area (Å²) in [4.78, 5) is 0.0249. The number of nitrogen functional groups attached to an aromatic ring is 1. The molecule has 0 amide bonds. The van der Waals surface area contributed by atoms with E-state index in [1.54, 1.807) is 13.0 Å². The first kappa shape index (κ1) is 15.1. The molecule has 20 heavy (non-hydrogen) atoms. The van der Waals surface area contributed by atoms with Gasteiger partial charge in [0.15, 0.2) is 0 Å². The minimum absolute atomic E-state index is 0.0112. The van der Waals surface area contributed by atoms with Gasteiger partial charge < -0.3 is 15.6 Å². The number of nitrogens with two attached hydrogens (primary N) is 1. The molecule has 0 aromatic heterocycles. The average Bonchev–Trinajstić information content (AvgIpc) is 3.20. The number of hydrogen-bond acceptors (Lipinski definition) is 5. The average molecular weight is 300 g/mol. The van der Waals surface area contributed by atoms with Crippen molar-refractivity contribution in [2.24, 2.45) is 5.41 Å². The summed E-state index contributed by atoms with van der Waals surface area (Å²) >= 11 is 0. The summed E-state index contributed by atoms with van der Waals surface area (Å²) < 4.78 is 32.3. The van der Waals surface area contributed by atoms with E-state index in [1.807, 2.05) is 0 Å². The number of aryl methyl sites for hydroxylation is 1. The van der Waals surface area contributed by atoms with Crippen LogP contribution in [0.2, 0.25) is 0 Å². The second kappa shape index (κ2) is 5.23. The molecule has 1 aromatic carbocycles. The lowest BCUT2D eigenvalue weighted by molar-refractivity contribution is 0.213. The van der Waals surface area contributed by atoms with E-state index in [0.717, 1.165) is 18.4 Å². The molecular weight excluding hydrogens is 280 g/mol. The SMILES string of the molecule is COc1cc(C)c(N)cc1S(=O)(=O)NCC1(CO)CC1. The third kappa shape index (κ3) is 2.89. The first-order valence-corrected chi connectivity index (χ1v) is 7.86. The van der Waals surface area contributed by atoms with Gasteiger partial charge in [0.1, 0.15) is 10.6 Å². The van der Waals surface area contributed by atoms with Crippen molar-refractivity contribution in [2.45, 2.75) is 24.7 Å². The van der Waals surface area contributed by atoms with Gasteiger partial charge in [-0.2, -0.15) is 0 Å². The summed E-state index contributed by atoms with van der Waals surface area (Å²) in [6.07, 6.45) is 1.67. The summed E-state index contributed by atoms with van der Waals surface area (Å²) in [5, 5.41) is 9.23. The van der Waals surface area contributed by atoms with E-state index in [4.69, 9.17) is 10.5 Å². The molecule has 0 aliphatic heterocycles. The highest BCUT2D eigenvalue weighted by molar-refractivity contribution is 7.89. The maximum Gasteiger partial charge on any atom is 0.244 e. The van der Waals surface area contributed by atoms with Crippen molar-refractivity contribution in [1.29, 1.82) is 0 Å². The third-order valence-corrected chi connectivity index (χ3v) is 5.19. The summed E-state index contributed by atoms with van der Waals surface area (Å²) in [7, 11) is -2.29. The third-order valence-electron chi connectivity index (χ3n) is 3.77. The molecule has 0 atom stereocenters. The normalized spacial score (nSPS) is 16.9. The molecular formula is C13H20N2O4S. The number of aliphatic hydroxyl groups excluding tert-OH is 1. The van der Waals surface area contributed by atoms with Crippen LogP contribution in [-0.2, 0) is 10.0 Å². The number of rotatable bonds is 6. The highest BCUT2D eigenvalue weighted by Gasteiger charge is 2.42. The highest BCUT2D eigenvalue weighted by atomic mass is 32.2. The molecule has 0 bridgehead atoms. The lowest BCUT2D eigenvalue weighted by Gasteiger charge is -2.16. The van der Waals surface area contributed by atoms with E-state index in [9.17, 15) is 13.5 Å². The van der Waals surface area contributed by atoms with E-state index in [1.165, 1.54) is 13.2 Å². The second-order valence-corrected chi connectivity index (χ2v) is 7.08. The molecule has 2 rings (SSSR count). The van der Waals surface area contributed by atoms with E-state index >= 15 is 0 Å². The summed E-state index contributed by atoms with van der Waals surface area (Å²) in [6, 6.07) is 3.00. The lowest BCUT2D eigenvalue weighted by Crippen LogP contribution is -2.32. The molecule has 0 radical (unpaired) electrons. The molecule has 1 saturated carbocycles. The summed E-state index contributed by atoms with van der Waals surface area (Å²) in [6.45, 7) is 2.00.